The maximum atomic E-state index is 5.88. The molecule has 120 valence electrons. The Hall–Kier alpha value is -1.10. The van der Waals surface area contributed by atoms with Gasteiger partial charge in [-0.15, -0.1) is 6.58 Å². The predicted molar refractivity (Wildman–Crippen MR) is 87.4 cm³/mol. The lowest BCUT2D eigenvalue weighted by Gasteiger charge is -2.20. The SMILES string of the molecule is C=CCN(CCOC)Cc1cc(CNC(C)(C)C)c(C)o1. The number of furan rings is 1. The van der Waals surface area contributed by atoms with Gasteiger partial charge in [0.15, 0.2) is 0 Å². The molecule has 0 aliphatic heterocycles. The second-order valence-electron chi connectivity index (χ2n) is 6.41. The van der Waals surface area contributed by atoms with E-state index in [1.807, 2.05) is 13.0 Å². The number of methoxy groups -OCH3 is 1. The normalized spacial score (nSPS) is 12.1. The highest BCUT2D eigenvalue weighted by Gasteiger charge is 2.14. The topological polar surface area (TPSA) is 37.6 Å². The van der Waals surface area contributed by atoms with Gasteiger partial charge < -0.3 is 14.5 Å². The van der Waals surface area contributed by atoms with Crippen molar-refractivity contribution in [2.75, 3.05) is 26.8 Å². The van der Waals surface area contributed by atoms with E-state index in [4.69, 9.17) is 9.15 Å². The lowest BCUT2D eigenvalue weighted by Crippen LogP contribution is -2.35. The van der Waals surface area contributed by atoms with Crippen LogP contribution in [0, 0.1) is 6.92 Å². The molecule has 1 heterocycles. The Labute approximate surface area is 129 Å². The van der Waals surface area contributed by atoms with Gasteiger partial charge in [0.2, 0.25) is 0 Å². The molecule has 0 fully saturated rings. The number of hydrogen-bond donors (Lipinski definition) is 1. The maximum Gasteiger partial charge on any atom is 0.118 e. The van der Waals surface area contributed by atoms with Crippen molar-refractivity contribution >= 4 is 0 Å². The summed E-state index contributed by atoms with van der Waals surface area (Å²) in [4.78, 5) is 2.26. The van der Waals surface area contributed by atoms with Gasteiger partial charge in [0.25, 0.3) is 0 Å². The Kier molecular flexibility index (Phi) is 7.15. The zero-order valence-corrected chi connectivity index (χ0v) is 14.2. The van der Waals surface area contributed by atoms with Crippen molar-refractivity contribution in [3.05, 3.63) is 35.8 Å². The molecule has 0 unspecified atom stereocenters. The average molecular weight is 294 g/mol. The third-order valence-electron chi connectivity index (χ3n) is 3.26. The van der Waals surface area contributed by atoms with Crippen LogP contribution in [0.2, 0.25) is 0 Å². The van der Waals surface area contributed by atoms with Crippen LogP contribution < -0.4 is 5.32 Å². The molecule has 1 rings (SSSR count). The number of rotatable bonds is 9. The van der Waals surface area contributed by atoms with E-state index < -0.39 is 0 Å². The first-order chi connectivity index (χ1) is 9.85. The number of nitrogens with zero attached hydrogens (tertiary/aromatic N) is 1. The van der Waals surface area contributed by atoms with Crippen molar-refractivity contribution in [3.63, 3.8) is 0 Å². The maximum absolute atomic E-state index is 5.88. The summed E-state index contributed by atoms with van der Waals surface area (Å²) < 4.78 is 11.0. The van der Waals surface area contributed by atoms with Crippen molar-refractivity contribution < 1.29 is 9.15 Å². The summed E-state index contributed by atoms with van der Waals surface area (Å²) in [7, 11) is 1.72. The van der Waals surface area contributed by atoms with E-state index in [2.05, 4.69) is 43.6 Å². The number of hydrogen-bond acceptors (Lipinski definition) is 4. The van der Waals surface area contributed by atoms with Crippen LogP contribution in [0.5, 0.6) is 0 Å². The molecule has 1 aromatic heterocycles. The van der Waals surface area contributed by atoms with E-state index in [0.29, 0.717) is 6.61 Å². The zero-order valence-electron chi connectivity index (χ0n) is 14.2. The van der Waals surface area contributed by atoms with Gasteiger partial charge in [-0.3, -0.25) is 4.90 Å². The fraction of sp³-hybridized carbons (Fsp3) is 0.647. The van der Waals surface area contributed by atoms with Gasteiger partial charge in [0.05, 0.1) is 13.2 Å². The quantitative estimate of drug-likeness (QED) is 0.710. The Bertz CT molecular complexity index is 432. The third kappa shape index (κ3) is 6.93. The van der Waals surface area contributed by atoms with Crippen molar-refractivity contribution in [1.29, 1.82) is 0 Å². The second kappa shape index (κ2) is 8.37. The largest absolute Gasteiger partial charge is 0.465 e. The van der Waals surface area contributed by atoms with Crippen molar-refractivity contribution in [2.24, 2.45) is 0 Å². The Morgan fingerprint density at radius 1 is 1.43 bits per heavy atom. The monoisotopic (exact) mass is 294 g/mol. The average Bonchev–Trinajstić information content (AvgIpc) is 2.73. The minimum atomic E-state index is 0.108. The fourth-order valence-electron chi connectivity index (χ4n) is 2.06. The van der Waals surface area contributed by atoms with Gasteiger partial charge in [-0.05, 0) is 33.8 Å². The van der Waals surface area contributed by atoms with E-state index >= 15 is 0 Å². The van der Waals surface area contributed by atoms with Crippen molar-refractivity contribution in [2.45, 2.75) is 46.3 Å². The highest BCUT2D eigenvalue weighted by molar-refractivity contribution is 5.21. The standard InChI is InChI=1S/C17H30N2O2/c1-7-8-19(9-10-20-6)13-16-11-15(14(2)21-16)12-18-17(3,4)5/h7,11,18H,1,8-10,12-13H2,2-6H3. The summed E-state index contributed by atoms with van der Waals surface area (Å²) in [6.45, 7) is 16.4. The first-order valence-electron chi connectivity index (χ1n) is 7.51. The first-order valence-corrected chi connectivity index (χ1v) is 7.51. The number of nitrogens with one attached hydrogen (secondary N) is 1. The molecule has 1 aromatic rings. The van der Waals surface area contributed by atoms with Gasteiger partial charge in [0.1, 0.15) is 11.5 Å². The van der Waals surface area contributed by atoms with Crippen LogP contribution in [0.4, 0.5) is 0 Å². The lowest BCUT2D eigenvalue weighted by atomic mass is 10.1. The molecular weight excluding hydrogens is 264 g/mol. The molecule has 0 amide bonds. The number of ether oxygens (including phenoxy) is 1. The smallest absolute Gasteiger partial charge is 0.118 e. The molecule has 1 N–H and O–H groups in total. The minimum Gasteiger partial charge on any atom is -0.465 e. The van der Waals surface area contributed by atoms with Crippen LogP contribution in [-0.4, -0.2) is 37.2 Å². The summed E-state index contributed by atoms with van der Waals surface area (Å²) in [5, 5.41) is 3.50. The van der Waals surface area contributed by atoms with Crippen LogP contribution in [0.25, 0.3) is 0 Å². The molecule has 4 nitrogen and oxygen atoms in total. The summed E-state index contributed by atoms with van der Waals surface area (Å²) in [5.74, 6) is 1.99. The van der Waals surface area contributed by atoms with Gasteiger partial charge in [0, 0.05) is 37.8 Å². The summed E-state index contributed by atoms with van der Waals surface area (Å²) >= 11 is 0. The van der Waals surface area contributed by atoms with E-state index in [1.165, 1.54) is 5.56 Å². The van der Waals surface area contributed by atoms with Gasteiger partial charge >= 0.3 is 0 Å². The van der Waals surface area contributed by atoms with Crippen LogP contribution in [0.15, 0.2) is 23.1 Å². The molecule has 0 spiro atoms. The highest BCUT2D eigenvalue weighted by atomic mass is 16.5. The van der Waals surface area contributed by atoms with Crippen molar-refractivity contribution in [3.8, 4) is 0 Å². The van der Waals surface area contributed by atoms with Gasteiger partial charge in [-0.1, -0.05) is 6.08 Å². The zero-order chi connectivity index (χ0) is 15.9. The molecule has 0 bridgehead atoms. The molecule has 0 atom stereocenters. The van der Waals surface area contributed by atoms with E-state index in [1.54, 1.807) is 7.11 Å². The van der Waals surface area contributed by atoms with E-state index in [-0.39, 0.29) is 5.54 Å². The van der Waals surface area contributed by atoms with E-state index in [0.717, 1.165) is 37.7 Å². The molecule has 0 aliphatic carbocycles. The molecule has 0 saturated carbocycles. The summed E-state index contributed by atoms with van der Waals surface area (Å²) in [6, 6.07) is 2.15. The van der Waals surface area contributed by atoms with Crippen LogP contribution in [-0.2, 0) is 17.8 Å². The fourth-order valence-corrected chi connectivity index (χ4v) is 2.06. The Balaban J connectivity index is 2.64. The van der Waals surface area contributed by atoms with Crippen LogP contribution >= 0.6 is 0 Å². The van der Waals surface area contributed by atoms with Crippen LogP contribution in [0.3, 0.4) is 0 Å². The Morgan fingerprint density at radius 2 is 2.14 bits per heavy atom. The molecular formula is C17H30N2O2. The highest BCUT2D eigenvalue weighted by Crippen LogP contribution is 2.17. The molecule has 0 aliphatic rings. The summed E-state index contributed by atoms with van der Waals surface area (Å²) in [5.41, 5.74) is 1.34. The second-order valence-corrected chi connectivity index (χ2v) is 6.41. The molecule has 0 radical (unpaired) electrons. The molecule has 21 heavy (non-hydrogen) atoms. The minimum absolute atomic E-state index is 0.108. The van der Waals surface area contributed by atoms with Gasteiger partial charge in [-0.25, -0.2) is 0 Å². The number of aryl methyl sites for hydroxylation is 1. The summed E-state index contributed by atoms with van der Waals surface area (Å²) in [6.07, 6.45) is 1.91. The van der Waals surface area contributed by atoms with Gasteiger partial charge in [-0.2, -0.15) is 0 Å². The lowest BCUT2D eigenvalue weighted by molar-refractivity contribution is 0.146. The molecule has 0 saturated heterocycles. The third-order valence-corrected chi connectivity index (χ3v) is 3.26. The van der Waals surface area contributed by atoms with Crippen LogP contribution in [0.1, 0.15) is 37.9 Å². The predicted octanol–water partition coefficient (Wildman–Crippen LogP) is 3.11. The van der Waals surface area contributed by atoms with Crippen molar-refractivity contribution in [1.82, 2.24) is 10.2 Å². The Morgan fingerprint density at radius 3 is 2.71 bits per heavy atom. The first kappa shape index (κ1) is 18.0. The van der Waals surface area contributed by atoms with E-state index in [9.17, 15) is 0 Å². The molecule has 0 aromatic carbocycles. The molecule has 4 heteroatoms.